The van der Waals surface area contributed by atoms with Crippen molar-refractivity contribution in [3.8, 4) is 11.8 Å². The molecule has 0 saturated heterocycles. The van der Waals surface area contributed by atoms with Gasteiger partial charge >= 0.3 is 6.09 Å². The Morgan fingerprint density at radius 2 is 1.84 bits per heavy atom. The van der Waals surface area contributed by atoms with Crippen molar-refractivity contribution < 1.29 is 18.7 Å². The highest BCUT2D eigenvalue weighted by molar-refractivity contribution is 5.67. The molecule has 0 radical (unpaired) electrons. The van der Waals surface area contributed by atoms with Gasteiger partial charge in [0, 0.05) is 0 Å². The van der Waals surface area contributed by atoms with E-state index >= 15 is 0 Å². The number of aromatic nitrogens is 5. The molecule has 0 aliphatic carbocycles. The van der Waals surface area contributed by atoms with Gasteiger partial charge in [-0.05, 0) is 43.7 Å². The van der Waals surface area contributed by atoms with Gasteiger partial charge in [-0.25, -0.2) is 18.6 Å². The second kappa shape index (κ2) is 10.6. The number of hydrogen-bond acceptors (Lipinski definition) is 8. The average molecular weight is 505 g/mol. The number of benzene rings is 1. The van der Waals surface area contributed by atoms with E-state index in [2.05, 4.69) is 36.1 Å². The number of amides is 1. The number of carbonyl (C=O) groups is 1. The van der Waals surface area contributed by atoms with Crippen LogP contribution in [0.15, 0.2) is 55.0 Å². The highest BCUT2D eigenvalue weighted by Gasteiger charge is 2.24. The van der Waals surface area contributed by atoms with Gasteiger partial charge in [-0.3, -0.25) is 4.98 Å². The Balaban J connectivity index is 1.69. The van der Waals surface area contributed by atoms with Gasteiger partial charge in [0.25, 0.3) is 0 Å². The normalized spacial score (nSPS) is 12.3. The van der Waals surface area contributed by atoms with E-state index in [1.54, 1.807) is 19.9 Å². The molecule has 2 atom stereocenters. The molecule has 13 heteroatoms. The third kappa shape index (κ3) is 5.76. The zero-order chi connectivity index (χ0) is 26.5. The first-order valence-electron chi connectivity index (χ1n) is 11.0. The fourth-order valence-electron chi connectivity index (χ4n) is 3.63. The molecule has 0 bridgehead atoms. The van der Waals surface area contributed by atoms with Gasteiger partial charge in [0.1, 0.15) is 17.6 Å². The highest BCUT2D eigenvalue weighted by atomic mass is 19.1. The Labute approximate surface area is 209 Å². The van der Waals surface area contributed by atoms with Gasteiger partial charge in [0.15, 0.2) is 17.5 Å². The number of nitrogens with zero attached hydrogens (tertiary/aromatic N) is 6. The number of aryl methyl sites for hydroxylation is 1. The van der Waals surface area contributed by atoms with Gasteiger partial charge in [-0.1, -0.05) is 12.1 Å². The zero-order valence-corrected chi connectivity index (χ0v) is 19.6. The van der Waals surface area contributed by atoms with E-state index in [-0.39, 0.29) is 17.2 Å². The lowest BCUT2D eigenvalue weighted by Crippen LogP contribution is -2.39. The van der Waals surface area contributed by atoms with E-state index in [0.29, 0.717) is 22.6 Å². The van der Waals surface area contributed by atoms with Crippen molar-refractivity contribution in [2.45, 2.75) is 25.9 Å². The molecular formula is C24H21F2N9O2. The average Bonchev–Trinajstić information content (AvgIpc) is 3.40. The van der Waals surface area contributed by atoms with E-state index in [0.717, 1.165) is 6.07 Å². The van der Waals surface area contributed by atoms with Crippen molar-refractivity contribution in [3.05, 3.63) is 83.4 Å². The van der Waals surface area contributed by atoms with Crippen molar-refractivity contribution in [2.24, 2.45) is 0 Å². The Morgan fingerprint density at radius 3 is 2.49 bits per heavy atom. The van der Waals surface area contributed by atoms with Crippen molar-refractivity contribution >= 4 is 23.4 Å². The van der Waals surface area contributed by atoms with Gasteiger partial charge in [0.05, 0.1) is 47.6 Å². The number of halogens is 2. The number of nitriles is 1. The first-order chi connectivity index (χ1) is 17.7. The molecule has 4 N–H and O–H groups in total. The number of nitrogens with one attached hydrogen (secondary N) is 3. The number of anilines is 3. The molecule has 1 amide bonds. The molecule has 0 fully saturated rings. The van der Waals surface area contributed by atoms with Crippen LogP contribution < -0.4 is 16.0 Å². The molecule has 0 saturated carbocycles. The Kier molecular flexibility index (Phi) is 7.19. The number of carboxylic acid groups (broad SMARTS) is 1. The summed E-state index contributed by atoms with van der Waals surface area (Å²) in [5.74, 6) is -1.52. The molecule has 0 spiro atoms. The second-order valence-electron chi connectivity index (χ2n) is 8.01. The maximum Gasteiger partial charge on any atom is 0.404 e. The summed E-state index contributed by atoms with van der Waals surface area (Å²) in [4.78, 5) is 21.2. The predicted octanol–water partition coefficient (Wildman–Crippen LogP) is 4.07. The summed E-state index contributed by atoms with van der Waals surface area (Å²) in [5, 5.41) is 35.1. The van der Waals surface area contributed by atoms with Crippen LogP contribution in [0.2, 0.25) is 0 Å². The van der Waals surface area contributed by atoms with Gasteiger partial charge in [0.2, 0.25) is 0 Å². The number of hydrogen-bond donors (Lipinski definition) is 4. The topological polar surface area (TPSA) is 154 Å². The van der Waals surface area contributed by atoms with Crippen LogP contribution in [0.1, 0.15) is 29.8 Å². The molecule has 0 aliphatic heterocycles. The first-order valence-corrected chi connectivity index (χ1v) is 11.0. The van der Waals surface area contributed by atoms with Crippen LogP contribution in [0.25, 0.3) is 5.69 Å². The summed E-state index contributed by atoms with van der Waals surface area (Å²) in [6.45, 7) is 3.35. The molecule has 37 heavy (non-hydrogen) atoms. The smallest absolute Gasteiger partial charge is 0.404 e. The zero-order valence-electron chi connectivity index (χ0n) is 19.6. The molecule has 3 heterocycles. The first kappa shape index (κ1) is 25.0. The van der Waals surface area contributed by atoms with Crippen LogP contribution in [0, 0.1) is 29.9 Å². The molecule has 3 aromatic heterocycles. The minimum Gasteiger partial charge on any atom is -0.465 e. The van der Waals surface area contributed by atoms with Crippen LogP contribution in [0.4, 0.5) is 30.9 Å². The van der Waals surface area contributed by atoms with Crippen molar-refractivity contribution in [2.75, 3.05) is 10.6 Å². The lowest BCUT2D eigenvalue weighted by molar-refractivity contribution is 0.189. The molecule has 0 aliphatic rings. The summed E-state index contributed by atoms with van der Waals surface area (Å²) in [6, 6.07) is 8.35. The van der Waals surface area contributed by atoms with Crippen molar-refractivity contribution in [3.63, 3.8) is 0 Å². The van der Waals surface area contributed by atoms with E-state index < -0.39 is 29.8 Å². The van der Waals surface area contributed by atoms with Crippen LogP contribution in [0.5, 0.6) is 0 Å². The standard InChI is InChI=1S/C24H21F2N9O2/c1-13-20(35-29-7-8-30-35)10-18(12-28-13)32-22-16(11-27)9-19(26)23(34-22)33-21(14(2)31-24(36)37)15-3-5-17(25)6-4-15/h3-10,12,14,21,31H,1-2H3,(H,36,37)(H2,32,33,34)/t14-,21+/m0/s1. The number of pyridine rings is 2. The van der Waals surface area contributed by atoms with Crippen LogP contribution in [-0.2, 0) is 0 Å². The Bertz CT molecular complexity index is 1450. The molecule has 188 valence electrons. The summed E-state index contributed by atoms with van der Waals surface area (Å²) < 4.78 is 28.5. The highest BCUT2D eigenvalue weighted by Crippen LogP contribution is 2.28. The fourth-order valence-corrected chi connectivity index (χ4v) is 3.63. The van der Waals surface area contributed by atoms with Crippen LogP contribution in [0.3, 0.4) is 0 Å². The SMILES string of the molecule is Cc1ncc(Nc2nc(N[C@@H](c3ccc(F)cc3)[C@H](C)NC(=O)O)c(F)cc2C#N)cc1-n1nccn1. The molecule has 4 aromatic rings. The van der Waals surface area contributed by atoms with Gasteiger partial charge in [-0.15, -0.1) is 4.80 Å². The van der Waals surface area contributed by atoms with E-state index in [4.69, 9.17) is 0 Å². The monoisotopic (exact) mass is 505 g/mol. The third-order valence-electron chi connectivity index (χ3n) is 5.43. The lowest BCUT2D eigenvalue weighted by atomic mass is 10.00. The summed E-state index contributed by atoms with van der Waals surface area (Å²) >= 11 is 0. The third-order valence-corrected chi connectivity index (χ3v) is 5.43. The van der Waals surface area contributed by atoms with Crippen LogP contribution in [-0.4, -0.2) is 42.2 Å². The van der Waals surface area contributed by atoms with E-state index in [9.17, 15) is 23.9 Å². The largest absolute Gasteiger partial charge is 0.465 e. The fraction of sp³-hybridized carbons (Fsp3) is 0.167. The maximum atomic E-state index is 15.0. The maximum absolute atomic E-state index is 15.0. The Morgan fingerprint density at radius 1 is 1.14 bits per heavy atom. The van der Waals surface area contributed by atoms with Crippen LogP contribution >= 0.6 is 0 Å². The molecule has 1 aromatic carbocycles. The molecular weight excluding hydrogens is 484 g/mol. The van der Waals surface area contributed by atoms with E-state index in [1.807, 2.05) is 6.07 Å². The Hall–Kier alpha value is -5.12. The van der Waals surface area contributed by atoms with E-state index in [1.165, 1.54) is 47.7 Å². The minimum atomic E-state index is -1.29. The minimum absolute atomic E-state index is 0.0353. The van der Waals surface area contributed by atoms with Gasteiger partial charge in [-0.2, -0.15) is 15.5 Å². The second-order valence-corrected chi connectivity index (χ2v) is 8.01. The molecule has 4 rings (SSSR count). The van der Waals surface area contributed by atoms with Crippen molar-refractivity contribution in [1.82, 2.24) is 30.3 Å². The molecule has 11 nitrogen and oxygen atoms in total. The number of rotatable bonds is 8. The van der Waals surface area contributed by atoms with Gasteiger partial charge < -0.3 is 21.1 Å². The lowest BCUT2D eigenvalue weighted by Gasteiger charge is -2.26. The summed E-state index contributed by atoms with van der Waals surface area (Å²) in [7, 11) is 0. The predicted molar refractivity (Wildman–Crippen MR) is 129 cm³/mol. The quantitative estimate of drug-likeness (QED) is 0.277. The molecule has 0 unspecified atom stereocenters. The summed E-state index contributed by atoms with van der Waals surface area (Å²) in [5.41, 5.74) is 2.09. The summed E-state index contributed by atoms with van der Waals surface area (Å²) in [6.07, 6.45) is 3.27. The van der Waals surface area contributed by atoms with Crippen molar-refractivity contribution in [1.29, 1.82) is 5.26 Å².